The molecular weight excluding hydrogens is 308 g/mol. The molecule has 0 aliphatic heterocycles. The molecule has 0 saturated heterocycles. The molecule has 0 heterocycles. The second kappa shape index (κ2) is 8.16. The van der Waals surface area contributed by atoms with Crippen LogP contribution in [0.4, 0.5) is 5.69 Å². The molecule has 104 valence electrons. The van der Waals surface area contributed by atoms with Crippen molar-refractivity contribution < 1.29 is 9.47 Å². The van der Waals surface area contributed by atoms with E-state index in [-0.39, 0.29) is 6.04 Å². The molecule has 5 heteroatoms. The third-order valence-corrected chi connectivity index (χ3v) is 3.28. The summed E-state index contributed by atoms with van der Waals surface area (Å²) in [5.41, 5.74) is 1.63. The van der Waals surface area contributed by atoms with Crippen LogP contribution < -0.4 is 4.90 Å². The quantitative estimate of drug-likeness (QED) is 0.773. The van der Waals surface area contributed by atoms with E-state index in [0.717, 1.165) is 16.7 Å². The first-order chi connectivity index (χ1) is 9.12. The minimum Gasteiger partial charge on any atom is -0.383 e. The van der Waals surface area contributed by atoms with Crippen LogP contribution in [0, 0.1) is 11.3 Å². The third kappa shape index (κ3) is 4.83. The molecule has 1 rings (SSSR count). The molecule has 0 aliphatic rings. The minimum absolute atomic E-state index is 0.209. The normalized spacial score (nSPS) is 11.9. The maximum Gasteiger partial charge on any atom is 0.0992 e. The average Bonchev–Trinajstić information content (AvgIpc) is 2.39. The van der Waals surface area contributed by atoms with Gasteiger partial charge in [0.15, 0.2) is 0 Å². The van der Waals surface area contributed by atoms with Crippen molar-refractivity contribution in [1.82, 2.24) is 0 Å². The van der Waals surface area contributed by atoms with Gasteiger partial charge in [-0.2, -0.15) is 5.26 Å². The molecule has 0 saturated carbocycles. The highest BCUT2D eigenvalue weighted by Gasteiger charge is 2.15. The van der Waals surface area contributed by atoms with Crippen molar-refractivity contribution in [3.8, 4) is 6.07 Å². The van der Waals surface area contributed by atoms with E-state index in [9.17, 15) is 0 Å². The lowest BCUT2D eigenvalue weighted by atomic mass is 10.1. The molecule has 1 atom stereocenters. The Balaban J connectivity index is 3.02. The van der Waals surface area contributed by atoms with Crippen LogP contribution in [-0.2, 0) is 9.47 Å². The number of anilines is 1. The fourth-order valence-electron chi connectivity index (χ4n) is 1.93. The number of hydrogen-bond donors (Lipinski definition) is 0. The fourth-order valence-corrected chi connectivity index (χ4v) is 2.41. The lowest BCUT2D eigenvalue weighted by Crippen LogP contribution is -2.38. The van der Waals surface area contributed by atoms with Gasteiger partial charge in [-0.1, -0.05) is 15.9 Å². The van der Waals surface area contributed by atoms with Crippen molar-refractivity contribution >= 4 is 21.6 Å². The highest BCUT2D eigenvalue weighted by Crippen LogP contribution is 2.24. The van der Waals surface area contributed by atoms with Crippen molar-refractivity contribution in [2.75, 3.05) is 38.9 Å². The molecule has 4 nitrogen and oxygen atoms in total. The van der Waals surface area contributed by atoms with Gasteiger partial charge in [-0.3, -0.25) is 0 Å². The van der Waals surface area contributed by atoms with Gasteiger partial charge in [-0.05, 0) is 25.1 Å². The summed E-state index contributed by atoms with van der Waals surface area (Å²) in [7, 11) is 3.37. The first kappa shape index (κ1) is 16.0. The van der Waals surface area contributed by atoms with Crippen LogP contribution in [0.15, 0.2) is 22.7 Å². The fraction of sp³-hybridized carbons (Fsp3) is 0.500. The Bertz CT molecular complexity index is 446. The summed E-state index contributed by atoms with van der Waals surface area (Å²) < 4.78 is 11.3. The van der Waals surface area contributed by atoms with Gasteiger partial charge in [0, 0.05) is 37.0 Å². The van der Waals surface area contributed by atoms with Gasteiger partial charge in [-0.15, -0.1) is 0 Å². The number of nitrogens with zero attached hydrogens (tertiary/aromatic N) is 2. The molecule has 0 amide bonds. The van der Waals surface area contributed by atoms with E-state index < -0.39 is 0 Å². The molecule has 0 aliphatic carbocycles. The summed E-state index contributed by atoms with van der Waals surface area (Å²) in [6.07, 6.45) is 0. The molecule has 0 N–H and O–H groups in total. The summed E-state index contributed by atoms with van der Waals surface area (Å²) in [6.45, 7) is 4.09. The minimum atomic E-state index is 0.209. The summed E-state index contributed by atoms with van der Waals surface area (Å²) in [4.78, 5) is 2.18. The number of hydrogen-bond acceptors (Lipinski definition) is 4. The van der Waals surface area contributed by atoms with Crippen LogP contribution in [-0.4, -0.2) is 40.0 Å². The molecule has 0 spiro atoms. The van der Waals surface area contributed by atoms with Gasteiger partial charge in [0.1, 0.15) is 0 Å². The van der Waals surface area contributed by atoms with Crippen molar-refractivity contribution in [1.29, 1.82) is 5.26 Å². The molecule has 1 aromatic carbocycles. The Kier molecular flexibility index (Phi) is 6.85. The van der Waals surface area contributed by atoms with Gasteiger partial charge < -0.3 is 14.4 Å². The van der Waals surface area contributed by atoms with Gasteiger partial charge in [0.2, 0.25) is 0 Å². The molecule has 0 fully saturated rings. The zero-order valence-electron chi connectivity index (χ0n) is 11.5. The van der Waals surface area contributed by atoms with Crippen molar-refractivity contribution in [2.45, 2.75) is 13.0 Å². The SMILES string of the molecule is COCCN(c1cc(Br)cc(C#N)c1)C(C)COC. The molecule has 19 heavy (non-hydrogen) atoms. The zero-order chi connectivity index (χ0) is 14.3. The standard InChI is InChI=1S/C14H19BrN2O2/c1-11(10-19-3)17(4-5-18-2)14-7-12(9-16)6-13(15)8-14/h6-8,11H,4-5,10H2,1-3H3. The molecule has 0 radical (unpaired) electrons. The van der Waals surface area contributed by atoms with Crippen LogP contribution in [0.25, 0.3) is 0 Å². The van der Waals surface area contributed by atoms with Gasteiger partial charge in [0.25, 0.3) is 0 Å². The van der Waals surface area contributed by atoms with E-state index in [4.69, 9.17) is 14.7 Å². The van der Waals surface area contributed by atoms with Crippen LogP contribution in [0.5, 0.6) is 0 Å². The van der Waals surface area contributed by atoms with E-state index in [1.54, 1.807) is 20.3 Å². The molecule has 0 aromatic heterocycles. The van der Waals surface area contributed by atoms with E-state index in [1.165, 1.54) is 0 Å². The van der Waals surface area contributed by atoms with Crippen molar-refractivity contribution in [3.05, 3.63) is 28.2 Å². The number of ether oxygens (including phenoxy) is 2. The first-order valence-electron chi connectivity index (χ1n) is 6.07. The predicted molar refractivity (Wildman–Crippen MR) is 79.4 cm³/mol. The number of rotatable bonds is 7. The topological polar surface area (TPSA) is 45.5 Å². The average molecular weight is 327 g/mol. The second-order valence-electron chi connectivity index (χ2n) is 4.30. The highest BCUT2D eigenvalue weighted by molar-refractivity contribution is 9.10. The van der Waals surface area contributed by atoms with Crippen LogP contribution in [0.2, 0.25) is 0 Å². The molecule has 1 unspecified atom stereocenters. The van der Waals surface area contributed by atoms with Crippen LogP contribution in [0.3, 0.4) is 0 Å². The van der Waals surface area contributed by atoms with Gasteiger partial charge >= 0.3 is 0 Å². The first-order valence-corrected chi connectivity index (χ1v) is 6.87. The molecular formula is C14H19BrN2O2. The summed E-state index contributed by atoms with van der Waals surface area (Å²) in [5, 5.41) is 9.05. The number of nitriles is 1. The van der Waals surface area contributed by atoms with Crippen molar-refractivity contribution in [3.63, 3.8) is 0 Å². The van der Waals surface area contributed by atoms with E-state index in [2.05, 4.69) is 33.8 Å². The largest absolute Gasteiger partial charge is 0.383 e. The second-order valence-corrected chi connectivity index (χ2v) is 5.22. The highest BCUT2D eigenvalue weighted by atomic mass is 79.9. The Hall–Kier alpha value is -1.09. The van der Waals surface area contributed by atoms with E-state index >= 15 is 0 Å². The lowest BCUT2D eigenvalue weighted by molar-refractivity contribution is 0.171. The summed E-state index contributed by atoms with van der Waals surface area (Å²) in [5.74, 6) is 0. The lowest BCUT2D eigenvalue weighted by Gasteiger charge is -2.31. The van der Waals surface area contributed by atoms with Crippen LogP contribution >= 0.6 is 15.9 Å². The summed E-state index contributed by atoms with van der Waals surface area (Å²) in [6, 6.07) is 8.07. The third-order valence-electron chi connectivity index (χ3n) is 2.82. The zero-order valence-corrected chi connectivity index (χ0v) is 13.1. The monoisotopic (exact) mass is 326 g/mol. The number of methoxy groups -OCH3 is 2. The van der Waals surface area contributed by atoms with E-state index in [0.29, 0.717) is 18.8 Å². The maximum atomic E-state index is 9.05. The Labute approximate surface area is 123 Å². The number of halogens is 1. The van der Waals surface area contributed by atoms with Crippen LogP contribution in [0.1, 0.15) is 12.5 Å². The smallest absolute Gasteiger partial charge is 0.0992 e. The Morgan fingerprint density at radius 2 is 2.05 bits per heavy atom. The van der Waals surface area contributed by atoms with Gasteiger partial charge in [-0.25, -0.2) is 0 Å². The predicted octanol–water partition coefficient (Wildman–Crippen LogP) is 2.81. The number of benzene rings is 1. The van der Waals surface area contributed by atoms with E-state index in [1.807, 2.05) is 12.1 Å². The van der Waals surface area contributed by atoms with Crippen molar-refractivity contribution in [2.24, 2.45) is 0 Å². The Morgan fingerprint density at radius 3 is 2.63 bits per heavy atom. The molecule has 0 bridgehead atoms. The Morgan fingerprint density at radius 1 is 1.32 bits per heavy atom. The van der Waals surface area contributed by atoms with Gasteiger partial charge in [0.05, 0.1) is 24.8 Å². The summed E-state index contributed by atoms with van der Waals surface area (Å²) >= 11 is 3.44. The molecule has 1 aromatic rings. The maximum absolute atomic E-state index is 9.05.